The van der Waals surface area contributed by atoms with Crippen molar-refractivity contribution in [3.63, 3.8) is 0 Å². The van der Waals surface area contributed by atoms with Gasteiger partial charge in [-0.15, -0.1) is 0 Å². The van der Waals surface area contributed by atoms with Gasteiger partial charge in [0, 0.05) is 30.7 Å². The third-order valence-corrected chi connectivity index (χ3v) is 5.25. The molecule has 0 spiro atoms. The SMILES string of the molecule is CCC1CN(C2(CC)CCC2)C(C(C)C)CN1. The van der Waals surface area contributed by atoms with Crippen LogP contribution in [0.25, 0.3) is 0 Å². The van der Waals surface area contributed by atoms with Gasteiger partial charge in [0.15, 0.2) is 0 Å². The zero-order chi connectivity index (χ0) is 12.5. The van der Waals surface area contributed by atoms with Crippen LogP contribution in [-0.2, 0) is 0 Å². The van der Waals surface area contributed by atoms with Crippen molar-refractivity contribution in [1.82, 2.24) is 10.2 Å². The highest BCUT2D eigenvalue weighted by molar-refractivity contribution is 5.03. The highest BCUT2D eigenvalue weighted by atomic mass is 15.3. The highest BCUT2D eigenvalue weighted by Crippen LogP contribution is 2.43. The van der Waals surface area contributed by atoms with Gasteiger partial charge in [0.25, 0.3) is 0 Å². The van der Waals surface area contributed by atoms with E-state index in [-0.39, 0.29) is 0 Å². The fourth-order valence-corrected chi connectivity index (χ4v) is 3.68. The fraction of sp³-hybridized carbons (Fsp3) is 1.00. The molecule has 1 aliphatic heterocycles. The molecule has 100 valence electrons. The minimum Gasteiger partial charge on any atom is -0.311 e. The summed E-state index contributed by atoms with van der Waals surface area (Å²) < 4.78 is 0. The minimum atomic E-state index is 0.560. The van der Waals surface area contributed by atoms with Gasteiger partial charge in [-0.1, -0.05) is 27.7 Å². The Bertz CT molecular complexity index is 240. The van der Waals surface area contributed by atoms with Crippen molar-refractivity contribution in [3.8, 4) is 0 Å². The quantitative estimate of drug-likeness (QED) is 0.810. The average Bonchev–Trinajstić information content (AvgIpc) is 2.28. The van der Waals surface area contributed by atoms with Crippen molar-refractivity contribution in [2.75, 3.05) is 13.1 Å². The maximum absolute atomic E-state index is 3.73. The first-order chi connectivity index (χ1) is 8.13. The summed E-state index contributed by atoms with van der Waals surface area (Å²) in [5.74, 6) is 0.768. The molecule has 2 heteroatoms. The molecule has 0 aromatic rings. The van der Waals surface area contributed by atoms with Crippen molar-refractivity contribution in [1.29, 1.82) is 0 Å². The molecule has 0 radical (unpaired) electrons. The topological polar surface area (TPSA) is 15.3 Å². The van der Waals surface area contributed by atoms with Gasteiger partial charge in [-0.2, -0.15) is 0 Å². The van der Waals surface area contributed by atoms with Crippen LogP contribution in [0.5, 0.6) is 0 Å². The maximum Gasteiger partial charge on any atom is 0.0249 e. The minimum absolute atomic E-state index is 0.560. The number of nitrogens with zero attached hydrogens (tertiary/aromatic N) is 1. The molecule has 17 heavy (non-hydrogen) atoms. The van der Waals surface area contributed by atoms with Gasteiger partial charge in [0.2, 0.25) is 0 Å². The summed E-state index contributed by atoms with van der Waals surface area (Å²) in [6.07, 6.45) is 6.92. The Morgan fingerprint density at radius 1 is 1.29 bits per heavy atom. The van der Waals surface area contributed by atoms with E-state index in [0.29, 0.717) is 11.6 Å². The molecule has 1 N–H and O–H groups in total. The lowest BCUT2D eigenvalue weighted by Crippen LogP contribution is -2.67. The molecule has 2 aliphatic rings. The molecule has 0 bridgehead atoms. The highest BCUT2D eigenvalue weighted by Gasteiger charge is 2.46. The van der Waals surface area contributed by atoms with E-state index in [4.69, 9.17) is 0 Å². The maximum atomic E-state index is 3.73. The second kappa shape index (κ2) is 5.27. The second-order valence-corrected chi connectivity index (χ2v) is 6.41. The lowest BCUT2D eigenvalue weighted by molar-refractivity contribution is -0.0568. The number of hydrogen-bond donors (Lipinski definition) is 1. The normalized spacial score (nSPS) is 33.7. The van der Waals surface area contributed by atoms with Gasteiger partial charge in [-0.25, -0.2) is 0 Å². The van der Waals surface area contributed by atoms with Crippen LogP contribution in [0.3, 0.4) is 0 Å². The van der Waals surface area contributed by atoms with Gasteiger partial charge in [-0.3, -0.25) is 4.90 Å². The Morgan fingerprint density at radius 3 is 2.41 bits per heavy atom. The fourth-order valence-electron chi connectivity index (χ4n) is 3.68. The van der Waals surface area contributed by atoms with E-state index < -0.39 is 0 Å². The van der Waals surface area contributed by atoms with Crippen molar-refractivity contribution in [3.05, 3.63) is 0 Å². The van der Waals surface area contributed by atoms with E-state index in [1.807, 2.05) is 0 Å². The zero-order valence-electron chi connectivity index (χ0n) is 12.1. The molecule has 1 aliphatic carbocycles. The van der Waals surface area contributed by atoms with Gasteiger partial charge in [0.1, 0.15) is 0 Å². The predicted molar refractivity (Wildman–Crippen MR) is 74.3 cm³/mol. The number of hydrogen-bond acceptors (Lipinski definition) is 2. The molecule has 2 rings (SSSR count). The van der Waals surface area contributed by atoms with E-state index in [1.165, 1.54) is 45.2 Å². The van der Waals surface area contributed by atoms with Crippen molar-refractivity contribution < 1.29 is 0 Å². The average molecular weight is 238 g/mol. The molecule has 1 saturated carbocycles. The smallest absolute Gasteiger partial charge is 0.0249 e. The largest absolute Gasteiger partial charge is 0.311 e. The number of piperazine rings is 1. The molecule has 0 amide bonds. The van der Waals surface area contributed by atoms with Gasteiger partial charge >= 0.3 is 0 Å². The molecule has 0 aromatic carbocycles. The van der Waals surface area contributed by atoms with Crippen molar-refractivity contribution in [2.45, 2.75) is 77.4 Å². The van der Waals surface area contributed by atoms with Crippen LogP contribution < -0.4 is 5.32 Å². The van der Waals surface area contributed by atoms with Crippen LogP contribution >= 0.6 is 0 Å². The summed E-state index contributed by atoms with van der Waals surface area (Å²) in [7, 11) is 0. The summed E-state index contributed by atoms with van der Waals surface area (Å²) in [5.41, 5.74) is 0.560. The van der Waals surface area contributed by atoms with Crippen LogP contribution in [0.1, 0.15) is 59.8 Å². The standard InChI is InChI=1S/C15H30N2/c1-5-13-11-17(14(10-16-13)12(3)4)15(6-2)8-7-9-15/h12-14,16H,5-11H2,1-4H3. The van der Waals surface area contributed by atoms with Crippen molar-refractivity contribution in [2.24, 2.45) is 5.92 Å². The molecule has 2 fully saturated rings. The van der Waals surface area contributed by atoms with Crippen molar-refractivity contribution >= 4 is 0 Å². The molecule has 1 saturated heterocycles. The summed E-state index contributed by atoms with van der Waals surface area (Å²) in [6.45, 7) is 11.9. The first-order valence-corrected chi connectivity index (χ1v) is 7.63. The lowest BCUT2D eigenvalue weighted by Gasteiger charge is -2.57. The summed E-state index contributed by atoms with van der Waals surface area (Å²) in [5, 5.41) is 3.73. The van der Waals surface area contributed by atoms with Crippen LogP contribution in [0, 0.1) is 5.92 Å². The van der Waals surface area contributed by atoms with Gasteiger partial charge in [0.05, 0.1) is 0 Å². The van der Waals surface area contributed by atoms with Crippen LogP contribution in [-0.4, -0.2) is 35.6 Å². The Balaban J connectivity index is 2.12. The third kappa shape index (κ3) is 2.39. The van der Waals surface area contributed by atoms with Crippen LogP contribution in [0.4, 0.5) is 0 Å². The summed E-state index contributed by atoms with van der Waals surface area (Å²) >= 11 is 0. The second-order valence-electron chi connectivity index (χ2n) is 6.41. The molecule has 1 heterocycles. The summed E-state index contributed by atoms with van der Waals surface area (Å²) in [4.78, 5) is 2.88. The van der Waals surface area contributed by atoms with E-state index in [0.717, 1.165) is 12.0 Å². The monoisotopic (exact) mass is 238 g/mol. The van der Waals surface area contributed by atoms with Crippen LogP contribution in [0.15, 0.2) is 0 Å². The van der Waals surface area contributed by atoms with E-state index in [1.54, 1.807) is 0 Å². The Hall–Kier alpha value is -0.0800. The number of nitrogens with one attached hydrogen (secondary N) is 1. The van der Waals surface area contributed by atoms with Gasteiger partial charge in [-0.05, 0) is 38.0 Å². The molecule has 2 nitrogen and oxygen atoms in total. The Kier molecular flexibility index (Phi) is 4.14. The molecular formula is C15H30N2. The number of rotatable bonds is 4. The first-order valence-electron chi connectivity index (χ1n) is 7.63. The third-order valence-electron chi connectivity index (χ3n) is 5.25. The molecular weight excluding hydrogens is 208 g/mol. The van der Waals surface area contributed by atoms with E-state index >= 15 is 0 Å². The van der Waals surface area contributed by atoms with Crippen LogP contribution in [0.2, 0.25) is 0 Å². The Morgan fingerprint density at radius 2 is 2.00 bits per heavy atom. The molecule has 2 unspecified atom stereocenters. The predicted octanol–water partition coefficient (Wildman–Crippen LogP) is 3.03. The van der Waals surface area contributed by atoms with E-state index in [2.05, 4.69) is 37.9 Å². The zero-order valence-corrected chi connectivity index (χ0v) is 12.1. The first kappa shape index (κ1) is 13.4. The van der Waals surface area contributed by atoms with E-state index in [9.17, 15) is 0 Å². The lowest BCUT2D eigenvalue weighted by atomic mass is 9.71. The molecule has 2 atom stereocenters. The summed E-state index contributed by atoms with van der Waals surface area (Å²) in [6, 6.07) is 1.46. The Labute approximate surface area is 107 Å². The van der Waals surface area contributed by atoms with Gasteiger partial charge < -0.3 is 5.32 Å². The molecule has 0 aromatic heterocycles.